The van der Waals surface area contributed by atoms with Crippen LogP contribution in [0.25, 0.3) is 0 Å². The lowest BCUT2D eigenvalue weighted by Gasteiger charge is -2.14. The molecular weight excluding hydrogens is 217 g/mol. The molecule has 0 saturated heterocycles. The highest BCUT2D eigenvalue weighted by Gasteiger charge is 2.08. The number of benzene rings is 1. The van der Waals surface area contributed by atoms with Gasteiger partial charge in [-0.25, -0.2) is 0 Å². The zero-order valence-corrected chi connectivity index (χ0v) is 9.57. The van der Waals surface area contributed by atoms with Gasteiger partial charge in [0.25, 0.3) is 0 Å². The van der Waals surface area contributed by atoms with E-state index >= 15 is 0 Å². The Morgan fingerprint density at radius 1 is 1.50 bits per heavy atom. The van der Waals surface area contributed by atoms with E-state index in [0.29, 0.717) is 10.0 Å². The van der Waals surface area contributed by atoms with Crippen LogP contribution in [0, 0.1) is 0 Å². The molecule has 0 saturated carbocycles. The summed E-state index contributed by atoms with van der Waals surface area (Å²) in [5.41, 5.74) is 1.05. The second kappa shape index (κ2) is 5.40. The fraction of sp³-hybridized carbons (Fsp3) is 0.273. The molecular formula is C11H13Cl2N. The van der Waals surface area contributed by atoms with E-state index in [2.05, 4.69) is 18.8 Å². The van der Waals surface area contributed by atoms with Gasteiger partial charge in [-0.3, -0.25) is 0 Å². The quantitative estimate of drug-likeness (QED) is 0.775. The maximum atomic E-state index is 6.05. The largest absolute Gasteiger partial charge is 0.307 e. The standard InChI is InChI=1S/C11H13Cl2N/c1-3-6-14-8(2)10-5-4-9(12)7-11(10)13/h3-5,7-8,14H,1,6H2,2H3/t8-/m0/s1. The van der Waals surface area contributed by atoms with Crippen LogP contribution in [0.2, 0.25) is 10.0 Å². The maximum absolute atomic E-state index is 6.05. The van der Waals surface area contributed by atoms with Crippen LogP contribution >= 0.6 is 23.2 Å². The molecule has 0 aromatic heterocycles. The third-order valence-electron chi connectivity index (χ3n) is 2.00. The van der Waals surface area contributed by atoms with Crippen LogP contribution in [0.5, 0.6) is 0 Å². The second-order valence-electron chi connectivity index (χ2n) is 3.08. The predicted octanol–water partition coefficient (Wildman–Crippen LogP) is 3.83. The normalized spacial score (nSPS) is 12.5. The number of hydrogen-bond acceptors (Lipinski definition) is 1. The summed E-state index contributed by atoms with van der Waals surface area (Å²) in [6, 6.07) is 5.74. The smallest absolute Gasteiger partial charge is 0.0468 e. The van der Waals surface area contributed by atoms with Gasteiger partial charge < -0.3 is 5.32 Å². The van der Waals surface area contributed by atoms with Crippen molar-refractivity contribution in [3.05, 3.63) is 46.5 Å². The van der Waals surface area contributed by atoms with Gasteiger partial charge in [-0.05, 0) is 24.6 Å². The van der Waals surface area contributed by atoms with Gasteiger partial charge in [-0.1, -0.05) is 35.3 Å². The minimum Gasteiger partial charge on any atom is -0.307 e. The highest BCUT2D eigenvalue weighted by atomic mass is 35.5. The Labute approximate surface area is 94.7 Å². The van der Waals surface area contributed by atoms with Crippen LogP contribution in [0.15, 0.2) is 30.9 Å². The van der Waals surface area contributed by atoms with Crippen molar-refractivity contribution >= 4 is 23.2 Å². The lowest BCUT2D eigenvalue weighted by Crippen LogP contribution is -2.18. The van der Waals surface area contributed by atoms with Gasteiger partial charge >= 0.3 is 0 Å². The topological polar surface area (TPSA) is 12.0 Å². The average molecular weight is 230 g/mol. The summed E-state index contributed by atoms with van der Waals surface area (Å²) < 4.78 is 0. The van der Waals surface area contributed by atoms with Crippen molar-refractivity contribution in [2.45, 2.75) is 13.0 Å². The molecule has 0 radical (unpaired) electrons. The van der Waals surface area contributed by atoms with Gasteiger partial charge in [0, 0.05) is 22.6 Å². The minimum absolute atomic E-state index is 0.206. The Bertz CT molecular complexity index is 323. The first-order valence-electron chi connectivity index (χ1n) is 4.44. The fourth-order valence-corrected chi connectivity index (χ4v) is 1.79. The summed E-state index contributed by atoms with van der Waals surface area (Å²) >= 11 is 11.9. The highest BCUT2D eigenvalue weighted by Crippen LogP contribution is 2.25. The molecule has 1 N–H and O–H groups in total. The molecule has 76 valence electrons. The van der Waals surface area contributed by atoms with Gasteiger partial charge in [-0.2, -0.15) is 0 Å². The van der Waals surface area contributed by atoms with E-state index in [0.717, 1.165) is 12.1 Å². The van der Waals surface area contributed by atoms with Crippen LogP contribution < -0.4 is 5.32 Å². The van der Waals surface area contributed by atoms with Gasteiger partial charge in [0.2, 0.25) is 0 Å². The lowest BCUT2D eigenvalue weighted by atomic mass is 10.1. The first-order chi connectivity index (χ1) is 6.65. The van der Waals surface area contributed by atoms with Gasteiger partial charge in [0.15, 0.2) is 0 Å². The van der Waals surface area contributed by atoms with E-state index in [9.17, 15) is 0 Å². The molecule has 1 nitrogen and oxygen atoms in total. The molecule has 0 bridgehead atoms. The predicted molar refractivity (Wildman–Crippen MR) is 63.1 cm³/mol. The maximum Gasteiger partial charge on any atom is 0.0468 e. The van der Waals surface area contributed by atoms with E-state index in [-0.39, 0.29) is 6.04 Å². The molecule has 3 heteroatoms. The molecule has 0 heterocycles. The van der Waals surface area contributed by atoms with Crippen molar-refractivity contribution in [1.82, 2.24) is 5.32 Å². The lowest BCUT2D eigenvalue weighted by molar-refractivity contribution is 0.618. The fourth-order valence-electron chi connectivity index (χ4n) is 1.22. The SMILES string of the molecule is C=CCN[C@@H](C)c1ccc(Cl)cc1Cl. The Balaban J connectivity index is 2.78. The molecule has 0 amide bonds. The summed E-state index contributed by atoms with van der Waals surface area (Å²) in [4.78, 5) is 0. The van der Waals surface area contributed by atoms with Crippen LogP contribution in [0.1, 0.15) is 18.5 Å². The molecule has 1 atom stereocenters. The van der Waals surface area contributed by atoms with Gasteiger partial charge in [-0.15, -0.1) is 6.58 Å². The third kappa shape index (κ3) is 3.02. The van der Waals surface area contributed by atoms with E-state index in [1.54, 1.807) is 6.07 Å². The molecule has 1 aromatic carbocycles. The Morgan fingerprint density at radius 2 is 2.21 bits per heavy atom. The molecule has 0 aliphatic carbocycles. The van der Waals surface area contributed by atoms with E-state index < -0.39 is 0 Å². The first-order valence-corrected chi connectivity index (χ1v) is 5.20. The van der Waals surface area contributed by atoms with Crippen LogP contribution in [0.4, 0.5) is 0 Å². The zero-order chi connectivity index (χ0) is 10.6. The summed E-state index contributed by atoms with van der Waals surface area (Å²) in [6.45, 7) is 6.46. The van der Waals surface area contributed by atoms with Crippen LogP contribution in [0.3, 0.4) is 0 Å². The average Bonchev–Trinajstić information content (AvgIpc) is 2.14. The highest BCUT2D eigenvalue weighted by molar-refractivity contribution is 6.35. The number of halogens is 2. The molecule has 0 unspecified atom stereocenters. The Morgan fingerprint density at radius 3 is 2.79 bits per heavy atom. The summed E-state index contributed by atoms with van der Waals surface area (Å²) in [5, 5.41) is 4.62. The molecule has 1 rings (SSSR count). The van der Waals surface area contributed by atoms with E-state index in [4.69, 9.17) is 23.2 Å². The summed E-state index contributed by atoms with van der Waals surface area (Å²) in [6.07, 6.45) is 1.82. The van der Waals surface area contributed by atoms with Crippen molar-refractivity contribution in [2.75, 3.05) is 6.54 Å². The van der Waals surface area contributed by atoms with Gasteiger partial charge in [0.05, 0.1) is 0 Å². The zero-order valence-electron chi connectivity index (χ0n) is 8.06. The second-order valence-corrected chi connectivity index (χ2v) is 3.93. The van der Waals surface area contributed by atoms with Crippen molar-refractivity contribution in [3.8, 4) is 0 Å². The van der Waals surface area contributed by atoms with Crippen molar-refractivity contribution in [2.24, 2.45) is 0 Å². The Hall–Kier alpha value is -0.500. The first kappa shape index (κ1) is 11.6. The number of hydrogen-bond donors (Lipinski definition) is 1. The minimum atomic E-state index is 0.206. The molecule has 0 spiro atoms. The molecule has 1 aromatic rings. The number of nitrogens with one attached hydrogen (secondary N) is 1. The van der Waals surface area contributed by atoms with Crippen molar-refractivity contribution < 1.29 is 0 Å². The molecule has 14 heavy (non-hydrogen) atoms. The van der Waals surface area contributed by atoms with E-state index in [1.807, 2.05) is 18.2 Å². The van der Waals surface area contributed by atoms with Crippen molar-refractivity contribution in [1.29, 1.82) is 0 Å². The molecule has 0 fully saturated rings. The van der Waals surface area contributed by atoms with E-state index in [1.165, 1.54) is 0 Å². The third-order valence-corrected chi connectivity index (χ3v) is 2.56. The van der Waals surface area contributed by atoms with Crippen LogP contribution in [-0.4, -0.2) is 6.54 Å². The number of rotatable bonds is 4. The van der Waals surface area contributed by atoms with Crippen LogP contribution in [-0.2, 0) is 0 Å². The summed E-state index contributed by atoms with van der Waals surface area (Å²) in [7, 11) is 0. The Kier molecular flexibility index (Phi) is 4.46. The van der Waals surface area contributed by atoms with Gasteiger partial charge in [0.1, 0.15) is 0 Å². The molecule has 0 aliphatic heterocycles. The molecule has 0 aliphatic rings. The summed E-state index contributed by atoms with van der Waals surface area (Å²) in [5.74, 6) is 0. The van der Waals surface area contributed by atoms with Crippen molar-refractivity contribution in [3.63, 3.8) is 0 Å². The monoisotopic (exact) mass is 229 g/mol.